The van der Waals surface area contributed by atoms with Crippen LogP contribution in [0.4, 0.5) is 5.82 Å². The van der Waals surface area contributed by atoms with E-state index in [-0.39, 0.29) is 0 Å². The molecule has 90 valence electrons. The van der Waals surface area contributed by atoms with Crippen LogP contribution in [0.25, 0.3) is 0 Å². The van der Waals surface area contributed by atoms with Crippen LogP contribution in [0.15, 0.2) is 33.0 Å². The lowest BCUT2D eigenvalue weighted by molar-refractivity contribution is 0.527. The molecule has 2 heterocycles. The minimum Gasteiger partial charge on any atom is -0.468 e. The number of furan rings is 1. The van der Waals surface area contributed by atoms with Gasteiger partial charge in [-0.2, -0.15) is 0 Å². The number of hydrogen-bond acceptors (Lipinski definition) is 5. The lowest BCUT2D eigenvalue weighted by Crippen LogP contribution is -2.03. The van der Waals surface area contributed by atoms with Crippen LogP contribution in [-0.4, -0.2) is 9.97 Å². The summed E-state index contributed by atoms with van der Waals surface area (Å²) in [4.78, 5) is 9.41. The molecule has 2 rings (SSSR count). The second kappa shape index (κ2) is 4.79. The Hall–Kier alpha value is -1.49. The molecule has 0 atom stereocenters. The van der Waals surface area contributed by atoms with E-state index < -0.39 is 0 Å². The normalized spacial score (nSPS) is 11.1. The molecule has 5 heteroatoms. The Morgan fingerprint density at radius 3 is 2.71 bits per heavy atom. The van der Waals surface area contributed by atoms with Crippen LogP contribution in [-0.2, 0) is 0 Å². The van der Waals surface area contributed by atoms with Crippen molar-refractivity contribution in [3.05, 3.63) is 30.0 Å². The molecule has 0 fully saturated rings. The first-order valence-corrected chi connectivity index (χ1v) is 6.23. The Morgan fingerprint density at radius 2 is 2.12 bits per heavy atom. The summed E-state index contributed by atoms with van der Waals surface area (Å²) in [6.45, 7) is 6.10. The zero-order chi connectivity index (χ0) is 12.4. The minimum atomic E-state index is 0.297. The van der Waals surface area contributed by atoms with Gasteiger partial charge in [0.05, 0.1) is 11.2 Å². The molecule has 2 aromatic rings. The molecule has 0 aromatic carbocycles. The first kappa shape index (κ1) is 12.0. The maximum Gasteiger partial charge on any atom is 0.131 e. The standard InChI is InChI=1S/C12H15N3OS/c1-7(2)10-11(13)14-6-15-12(10)17-9-4-5-16-8(9)3/h4-7H,1-3H3,(H2,13,14,15). The quantitative estimate of drug-likeness (QED) is 0.846. The Morgan fingerprint density at radius 1 is 1.35 bits per heavy atom. The number of rotatable bonds is 3. The third kappa shape index (κ3) is 2.44. The number of nitrogens with two attached hydrogens (primary N) is 1. The van der Waals surface area contributed by atoms with Crippen molar-refractivity contribution in [3.63, 3.8) is 0 Å². The monoisotopic (exact) mass is 249 g/mol. The summed E-state index contributed by atoms with van der Waals surface area (Å²) in [6, 6.07) is 1.93. The fourth-order valence-corrected chi connectivity index (χ4v) is 2.67. The average Bonchev–Trinajstić information content (AvgIpc) is 2.64. The van der Waals surface area contributed by atoms with Crippen LogP contribution >= 0.6 is 11.8 Å². The number of nitrogen functional groups attached to an aromatic ring is 1. The molecule has 0 radical (unpaired) electrons. The molecular formula is C12H15N3OS. The van der Waals surface area contributed by atoms with Crippen LogP contribution in [0.3, 0.4) is 0 Å². The highest BCUT2D eigenvalue weighted by Crippen LogP contribution is 2.36. The van der Waals surface area contributed by atoms with Gasteiger partial charge >= 0.3 is 0 Å². The summed E-state index contributed by atoms with van der Waals surface area (Å²) in [5.74, 6) is 1.74. The second-order valence-corrected chi connectivity index (χ2v) is 5.11. The van der Waals surface area contributed by atoms with Crippen LogP contribution < -0.4 is 5.73 Å². The number of aromatic nitrogens is 2. The molecule has 2 N–H and O–H groups in total. The van der Waals surface area contributed by atoms with E-state index >= 15 is 0 Å². The maximum absolute atomic E-state index is 5.90. The van der Waals surface area contributed by atoms with Crippen LogP contribution in [0, 0.1) is 6.92 Å². The van der Waals surface area contributed by atoms with E-state index in [1.165, 1.54) is 6.33 Å². The van der Waals surface area contributed by atoms with Crippen molar-refractivity contribution in [3.8, 4) is 0 Å². The summed E-state index contributed by atoms with van der Waals surface area (Å²) >= 11 is 1.57. The zero-order valence-electron chi connectivity index (χ0n) is 10.1. The van der Waals surface area contributed by atoms with Crippen molar-refractivity contribution < 1.29 is 4.42 Å². The molecule has 0 aliphatic carbocycles. The molecule has 17 heavy (non-hydrogen) atoms. The van der Waals surface area contributed by atoms with Crippen LogP contribution in [0.5, 0.6) is 0 Å². The Bertz CT molecular complexity index is 522. The lowest BCUT2D eigenvalue weighted by Gasteiger charge is -2.12. The maximum atomic E-state index is 5.90. The smallest absolute Gasteiger partial charge is 0.131 e. The summed E-state index contributed by atoms with van der Waals surface area (Å²) < 4.78 is 5.27. The van der Waals surface area contributed by atoms with E-state index in [9.17, 15) is 0 Å². The molecule has 0 amide bonds. The first-order chi connectivity index (χ1) is 8.09. The molecule has 0 bridgehead atoms. The Kier molecular flexibility index (Phi) is 3.38. The SMILES string of the molecule is Cc1occc1Sc1ncnc(N)c1C(C)C. The summed E-state index contributed by atoms with van der Waals surface area (Å²) in [5.41, 5.74) is 6.90. The Labute approximate surface area is 105 Å². The van der Waals surface area contributed by atoms with E-state index in [0.717, 1.165) is 21.2 Å². The summed E-state index contributed by atoms with van der Waals surface area (Å²) in [5, 5.41) is 0.900. The fraction of sp³-hybridized carbons (Fsp3) is 0.333. The van der Waals surface area contributed by atoms with Gasteiger partial charge in [-0.1, -0.05) is 25.6 Å². The van der Waals surface area contributed by atoms with Gasteiger partial charge in [-0.15, -0.1) is 0 Å². The summed E-state index contributed by atoms with van der Waals surface area (Å²) in [6.07, 6.45) is 3.18. The van der Waals surface area contributed by atoms with E-state index in [1.807, 2.05) is 13.0 Å². The zero-order valence-corrected chi connectivity index (χ0v) is 10.9. The molecule has 4 nitrogen and oxygen atoms in total. The third-order valence-corrected chi connectivity index (χ3v) is 3.64. The molecular weight excluding hydrogens is 234 g/mol. The predicted molar refractivity (Wildman–Crippen MR) is 68.1 cm³/mol. The highest BCUT2D eigenvalue weighted by molar-refractivity contribution is 7.99. The number of aryl methyl sites for hydroxylation is 1. The molecule has 0 aliphatic heterocycles. The number of anilines is 1. The second-order valence-electron chi connectivity index (χ2n) is 4.08. The van der Waals surface area contributed by atoms with Gasteiger partial charge < -0.3 is 10.2 Å². The first-order valence-electron chi connectivity index (χ1n) is 5.42. The van der Waals surface area contributed by atoms with Gasteiger partial charge in [0, 0.05) is 5.56 Å². The fourth-order valence-electron chi connectivity index (χ4n) is 1.60. The number of hydrogen-bond donors (Lipinski definition) is 1. The van der Waals surface area contributed by atoms with Gasteiger partial charge in [0.25, 0.3) is 0 Å². The molecule has 0 saturated carbocycles. The molecule has 0 saturated heterocycles. The number of nitrogens with zero attached hydrogens (tertiary/aromatic N) is 2. The van der Waals surface area contributed by atoms with E-state index in [1.54, 1.807) is 18.0 Å². The van der Waals surface area contributed by atoms with Crippen molar-refractivity contribution in [1.29, 1.82) is 0 Å². The molecule has 0 unspecified atom stereocenters. The minimum absolute atomic E-state index is 0.297. The van der Waals surface area contributed by atoms with Gasteiger partial charge in [-0.3, -0.25) is 0 Å². The van der Waals surface area contributed by atoms with Crippen molar-refractivity contribution in [2.45, 2.75) is 36.6 Å². The van der Waals surface area contributed by atoms with Gasteiger partial charge in [0.15, 0.2) is 0 Å². The van der Waals surface area contributed by atoms with Crippen LogP contribution in [0.1, 0.15) is 31.1 Å². The van der Waals surface area contributed by atoms with Crippen LogP contribution in [0.2, 0.25) is 0 Å². The predicted octanol–water partition coefficient (Wildman–Crippen LogP) is 3.23. The highest BCUT2D eigenvalue weighted by Gasteiger charge is 2.15. The molecule has 2 aromatic heterocycles. The van der Waals surface area contributed by atoms with E-state index in [4.69, 9.17) is 10.2 Å². The van der Waals surface area contributed by atoms with Gasteiger partial charge in [-0.25, -0.2) is 9.97 Å². The van der Waals surface area contributed by atoms with Gasteiger partial charge in [0.2, 0.25) is 0 Å². The lowest BCUT2D eigenvalue weighted by atomic mass is 10.1. The average molecular weight is 249 g/mol. The largest absolute Gasteiger partial charge is 0.468 e. The van der Waals surface area contributed by atoms with Crippen molar-refractivity contribution >= 4 is 17.6 Å². The van der Waals surface area contributed by atoms with Gasteiger partial charge in [-0.05, 0) is 18.9 Å². The Balaban J connectivity index is 2.39. The highest BCUT2D eigenvalue weighted by atomic mass is 32.2. The molecule has 0 aliphatic rings. The summed E-state index contributed by atoms with van der Waals surface area (Å²) in [7, 11) is 0. The topological polar surface area (TPSA) is 64.9 Å². The van der Waals surface area contributed by atoms with E-state index in [2.05, 4.69) is 23.8 Å². The van der Waals surface area contributed by atoms with Crippen molar-refractivity contribution in [2.24, 2.45) is 0 Å². The van der Waals surface area contributed by atoms with E-state index in [0.29, 0.717) is 11.7 Å². The van der Waals surface area contributed by atoms with Crippen molar-refractivity contribution in [2.75, 3.05) is 5.73 Å². The molecule has 0 spiro atoms. The van der Waals surface area contributed by atoms with Gasteiger partial charge in [0.1, 0.15) is 22.9 Å². The third-order valence-electron chi connectivity index (χ3n) is 2.47. The van der Waals surface area contributed by atoms with Crippen molar-refractivity contribution in [1.82, 2.24) is 9.97 Å².